The van der Waals surface area contributed by atoms with Gasteiger partial charge in [-0.15, -0.1) is 13.2 Å². The zero-order valence-electron chi connectivity index (χ0n) is 19.8. The number of halogens is 3. The van der Waals surface area contributed by atoms with Gasteiger partial charge in [-0.2, -0.15) is 0 Å². The number of benzene rings is 3. The Morgan fingerprint density at radius 1 is 0.865 bits per heavy atom. The van der Waals surface area contributed by atoms with Gasteiger partial charge < -0.3 is 24.9 Å². The number of hydrogen-bond acceptors (Lipinski definition) is 5. The van der Waals surface area contributed by atoms with Crippen LogP contribution in [0.2, 0.25) is 0 Å². The average Bonchev–Trinajstić information content (AvgIpc) is 2.83. The van der Waals surface area contributed by atoms with Gasteiger partial charge in [-0.05, 0) is 62.4 Å². The van der Waals surface area contributed by atoms with E-state index in [0.717, 1.165) is 23.8 Å². The number of ether oxygens (including phenoxy) is 2. The Morgan fingerprint density at radius 3 is 2.03 bits per heavy atom. The summed E-state index contributed by atoms with van der Waals surface area (Å²) in [6, 6.07) is 19.7. The molecule has 0 atom stereocenters. The van der Waals surface area contributed by atoms with E-state index in [1.165, 1.54) is 23.9 Å². The molecule has 0 saturated carbocycles. The number of phenolic OH excluding ortho intramolecular Hbond substituents is 1. The summed E-state index contributed by atoms with van der Waals surface area (Å²) < 4.78 is 47.2. The van der Waals surface area contributed by atoms with Gasteiger partial charge in [-0.3, -0.25) is 9.59 Å². The van der Waals surface area contributed by atoms with Gasteiger partial charge in [0.25, 0.3) is 5.91 Å². The van der Waals surface area contributed by atoms with Crippen molar-refractivity contribution in [2.45, 2.75) is 20.2 Å². The summed E-state index contributed by atoms with van der Waals surface area (Å²) in [5.74, 6) is -0.609. The van der Waals surface area contributed by atoms with Gasteiger partial charge in [0.05, 0.1) is 5.56 Å². The van der Waals surface area contributed by atoms with Crippen molar-refractivity contribution in [3.8, 4) is 23.0 Å². The third-order valence-corrected chi connectivity index (χ3v) is 4.74. The first-order chi connectivity index (χ1) is 17.5. The number of H-pyrrole nitrogens is 1. The Bertz CT molecular complexity index is 1380. The number of amides is 1. The molecule has 0 saturated heterocycles. The van der Waals surface area contributed by atoms with Crippen LogP contribution in [0.1, 0.15) is 21.5 Å². The molecule has 3 N–H and O–H groups in total. The van der Waals surface area contributed by atoms with E-state index < -0.39 is 23.6 Å². The molecular formula is C27H23F3N2O5. The zero-order valence-corrected chi connectivity index (χ0v) is 19.8. The van der Waals surface area contributed by atoms with Crippen molar-refractivity contribution >= 4 is 11.6 Å². The molecule has 0 radical (unpaired) electrons. The first-order valence-corrected chi connectivity index (χ1v) is 10.9. The molecule has 4 rings (SSSR count). The van der Waals surface area contributed by atoms with Crippen LogP contribution in [0.4, 0.5) is 18.9 Å². The zero-order chi connectivity index (χ0) is 27.0. The van der Waals surface area contributed by atoms with Crippen LogP contribution in [-0.2, 0) is 0 Å². The van der Waals surface area contributed by atoms with Gasteiger partial charge in [-0.25, -0.2) is 0 Å². The molecule has 0 aliphatic rings. The van der Waals surface area contributed by atoms with Gasteiger partial charge >= 0.3 is 6.36 Å². The van der Waals surface area contributed by atoms with E-state index in [2.05, 4.69) is 15.0 Å². The fourth-order valence-corrected chi connectivity index (χ4v) is 2.97. The highest BCUT2D eigenvalue weighted by molar-refractivity contribution is 6.06. The fourth-order valence-electron chi connectivity index (χ4n) is 2.97. The Balaban J connectivity index is 0.000000405. The van der Waals surface area contributed by atoms with Crippen molar-refractivity contribution in [1.29, 1.82) is 0 Å². The molecule has 0 spiro atoms. The Hall–Kier alpha value is -4.73. The van der Waals surface area contributed by atoms with Crippen molar-refractivity contribution in [3.05, 3.63) is 112 Å². The molecule has 1 amide bonds. The SMILES string of the molecule is Cc1ccc(O)cc1.Cc1ccc(Oc2ccc(OC(F)(F)F)cc2C(=O)Nc2cc[nH]c(=O)c2)cc1. The molecule has 10 heteroatoms. The van der Waals surface area contributed by atoms with Crippen LogP contribution in [0, 0.1) is 13.8 Å². The third-order valence-electron chi connectivity index (χ3n) is 4.74. The highest BCUT2D eigenvalue weighted by atomic mass is 19.4. The predicted molar refractivity (Wildman–Crippen MR) is 132 cm³/mol. The van der Waals surface area contributed by atoms with E-state index in [4.69, 9.17) is 9.84 Å². The maximum atomic E-state index is 12.7. The van der Waals surface area contributed by atoms with Crippen molar-refractivity contribution in [2.24, 2.45) is 0 Å². The summed E-state index contributed by atoms with van der Waals surface area (Å²) in [6.07, 6.45) is -3.59. The van der Waals surface area contributed by atoms with Crippen LogP contribution in [-0.4, -0.2) is 22.4 Å². The van der Waals surface area contributed by atoms with E-state index in [1.807, 2.05) is 26.0 Å². The lowest BCUT2D eigenvalue weighted by molar-refractivity contribution is -0.274. The van der Waals surface area contributed by atoms with E-state index in [1.54, 1.807) is 36.4 Å². The number of nitrogens with one attached hydrogen (secondary N) is 2. The van der Waals surface area contributed by atoms with Crippen molar-refractivity contribution in [1.82, 2.24) is 4.98 Å². The second kappa shape index (κ2) is 11.8. The summed E-state index contributed by atoms with van der Waals surface area (Å²) in [5, 5.41) is 11.2. The topological polar surface area (TPSA) is 101 Å². The lowest BCUT2D eigenvalue weighted by atomic mass is 10.1. The van der Waals surface area contributed by atoms with Gasteiger partial charge in [0.1, 0.15) is 23.0 Å². The summed E-state index contributed by atoms with van der Waals surface area (Å²) in [6.45, 7) is 3.87. The summed E-state index contributed by atoms with van der Waals surface area (Å²) >= 11 is 0. The number of pyridine rings is 1. The number of carbonyl (C=O) groups excluding carboxylic acids is 1. The monoisotopic (exact) mass is 512 g/mol. The molecule has 4 aromatic rings. The number of anilines is 1. The quantitative estimate of drug-likeness (QED) is 0.290. The van der Waals surface area contributed by atoms with E-state index in [-0.39, 0.29) is 17.0 Å². The second-order valence-corrected chi connectivity index (χ2v) is 7.85. The molecule has 0 aliphatic carbocycles. The number of alkyl halides is 3. The van der Waals surface area contributed by atoms with Gasteiger partial charge in [0.2, 0.25) is 5.56 Å². The Labute approximate surface area is 210 Å². The van der Waals surface area contributed by atoms with Gasteiger partial charge in [-0.1, -0.05) is 35.4 Å². The van der Waals surface area contributed by atoms with Crippen LogP contribution in [0.5, 0.6) is 23.0 Å². The first-order valence-electron chi connectivity index (χ1n) is 10.9. The van der Waals surface area contributed by atoms with Gasteiger partial charge in [0.15, 0.2) is 0 Å². The van der Waals surface area contributed by atoms with Gasteiger partial charge in [0, 0.05) is 18.0 Å². The summed E-state index contributed by atoms with van der Waals surface area (Å²) in [4.78, 5) is 26.4. The van der Waals surface area contributed by atoms with Crippen LogP contribution in [0.3, 0.4) is 0 Å². The normalized spacial score (nSPS) is 10.6. The highest BCUT2D eigenvalue weighted by Crippen LogP contribution is 2.32. The summed E-state index contributed by atoms with van der Waals surface area (Å²) in [7, 11) is 0. The van der Waals surface area contributed by atoms with Crippen LogP contribution in [0.25, 0.3) is 0 Å². The van der Waals surface area contributed by atoms with Crippen molar-refractivity contribution < 1.29 is 32.5 Å². The third kappa shape index (κ3) is 8.77. The standard InChI is InChI=1S/C20H15F3N2O4.C7H8O/c1-12-2-4-14(5-3-12)28-17-7-6-15(29-20(21,22)23)11-16(17)19(27)25-13-8-9-24-18(26)10-13;1-6-2-4-7(8)5-3-6/h2-11H,1H3,(H2,24,25,26,27);2-5,8H,1H3. The molecule has 1 aromatic heterocycles. The molecular weight excluding hydrogens is 489 g/mol. The number of aryl methyl sites for hydroxylation is 2. The van der Waals surface area contributed by atoms with Crippen molar-refractivity contribution in [2.75, 3.05) is 5.32 Å². The largest absolute Gasteiger partial charge is 0.573 e. The lowest BCUT2D eigenvalue weighted by Gasteiger charge is -2.14. The second-order valence-electron chi connectivity index (χ2n) is 7.85. The molecule has 3 aromatic carbocycles. The predicted octanol–water partition coefficient (Wildman–Crippen LogP) is 6.33. The van der Waals surface area contributed by atoms with Crippen LogP contribution < -0.4 is 20.3 Å². The minimum Gasteiger partial charge on any atom is -0.508 e. The minimum atomic E-state index is -4.92. The smallest absolute Gasteiger partial charge is 0.508 e. The number of rotatable bonds is 5. The number of phenols is 1. The molecule has 1 heterocycles. The first kappa shape index (κ1) is 26.9. The maximum absolute atomic E-state index is 12.7. The number of carbonyl (C=O) groups is 1. The summed E-state index contributed by atoms with van der Waals surface area (Å²) in [5.41, 5.74) is 1.67. The van der Waals surface area contributed by atoms with Crippen LogP contribution in [0.15, 0.2) is 89.9 Å². The molecule has 0 fully saturated rings. The number of aromatic nitrogens is 1. The molecule has 37 heavy (non-hydrogen) atoms. The fraction of sp³-hybridized carbons (Fsp3) is 0.111. The molecule has 0 bridgehead atoms. The van der Waals surface area contributed by atoms with Crippen LogP contribution >= 0.6 is 0 Å². The van der Waals surface area contributed by atoms with E-state index >= 15 is 0 Å². The Morgan fingerprint density at radius 2 is 1.46 bits per heavy atom. The molecule has 0 aliphatic heterocycles. The van der Waals surface area contributed by atoms with E-state index in [9.17, 15) is 22.8 Å². The Kier molecular flexibility index (Phi) is 8.57. The number of aromatic amines is 1. The molecule has 192 valence electrons. The number of aromatic hydroxyl groups is 1. The molecule has 7 nitrogen and oxygen atoms in total. The highest BCUT2D eigenvalue weighted by Gasteiger charge is 2.31. The maximum Gasteiger partial charge on any atom is 0.573 e. The lowest BCUT2D eigenvalue weighted by Crippen LogP contribution is -2.18. The average molecular weight is 512 g/mol. The minimum absolute atomic E-state index is 0.0192. The van der Waals surface area contributed by atoms with Crippen molar-refractivity contribution in [3.63, 3.8) is 0 Å². The number of hydrogen-bond donors (Lipinski definition) is 3. The molecule has 0 unspecified atom stereocenters. The van der Waals surface area contributed by atoms with E-state index in [0.29, 0.717) is 11.5 Å².